The number of ketones is 1. The van der Waals surface area contributed by atoms with Gasteiger partial charge in [0.1, 0.15) is 29.3 Å². The Morgan fingerprint density at radius 1 is 1.25 bits per heavy atom. The number of rotatable bonds is 8. The van der Waals surface area contributed by atoms with Gasteiger partial charge in [-0.15, -0.1) is 0 Å². The van der Waals surface area contributed by atoms with Crippen LogP contribution in [0.15, 0.2) is 61.1 Å². The molecule has 186 valence electrons. The molecule has 1 aliphatic heterocycles. The average molecular weight is 512 g/mol. The molecular weight excluding hydrogens is 484 g/mol. The number of carbonyl (C=O) groups is 1. The fourth-order valence-electron chi connectivity index (χ4n) is 4.17. The van der Waals surface area contributed by atoms with Gasteiger partial charge in [-0.1, -0.05) is 29.8 Å². The zero-order valence-corrected chi connectivity index (χ0v) is 19.7. The second kappa shape index (κ2) is 10.6. The lowest BCUT2D eigenvalue weighted by atomic mass is 10.0. The average Bonchev–Trinajstić information content (AvgIpc) is 3.34. The zero-order chi connectivity index (χ0) is 27.6. The smallest absolute Gasteiger partial charge is 0.196 e. The van der Waals surface area contributed by atoms with E-state index in [-0.39, 0.29) is 41.6 Å². The number of nitrogens with zero attached hydrogens (tertiary/aromatic N) is 2. The standard InChI is InChI=1S/C26H25ClN4O5/c1-34-22-10-17(12-32)35-13-21(22)31-26-23-19(11-28-25(23)29-14-30-26)24(33)18-8-7-16(9-20(18)27)36-15-5-3-2-4-6-15/h2-9,11,14,17,21-22,32H,10,12-13H2,1H3,(H2,28,29,30,31)/i1D3. The number of benzene rings is 2. The van der Waals surface area contributed by atoms with E-state index in [1.165, 1.54) is 12.5 Å². The maximum absolute atomic E-state index is 13.6. The molecule has 2 aromatic heterocycles. The number of hydrogen-bond acceptors (Lipinski definition) is 8. The molecule has 5 rings (SSSR count). The highest BCUT2D eigenvalue weighted by molar-refractivity contribution is 6.35. The Bertz CT molecular complexity index is 1470. The summed E-state index contributed by atoms with van der Waals surface area (Å²) in [5.41, 5.74) is 0.919. The van der Waals surface area contributed by atoms with Gasteiger partial charge in [-0.2, -0.15) is 0 Å². The van der Waals surface area contributed by atoms with E-state index in [0.29, 0.717) is 28.4 Å². The van der Waals surface area contributed by atoms with E-state index >= 15 is 0 Å². The highest BCUT2D eigenvalue weighted by Gasteiger charge is 2.32. The molecule has 1 saturated heterocycles. The maximum Gasteiger partial charge on any atom is 0.196 e. The summed E-state index contributed by atoms with van der Waals surface area (Å²) >= 11 is 6.50. The van der Waals surface area contributed by atoms with Crippen LogP contribution in [-0.4, -0.2) is 64.3 Å². The van der Waals surface area contributed by atoms with Gasteiger partial charge in [0.2, 0.25) is 0 Å². The second-order valence-corrected chi connectivity index (χ2v) is 8.72. The number of hydrogen-bond donors (Lipinski definition) is 3. The lowest BCUT2D eigenvalue weighted by Crippen LogP contribution is -2.47. The van der Waals surface area contributed by atoms with Crippen molar-refractivity contribution in [2.75, 3.05) is 25.6 Å². The van der Waals surface area contributed by atoms with Crippen molar-refractivity contribution in [2.24, 2.45) is 0 Å². The van der Waals surface area contributed by atoms with E-state index in [2.05, 4.69) is 20.3 Å². The molecule has 0 amide bonds. The molecule has 0 aliphatic carbocycles. The molecule has 2 aromatic carbocycles. The van der Waals surface area contributed by atoms with E-state index in [0.717, 1.165) is 0 Å². The molecule has 9 nitrogen and oxygen atoms in total. The van der Waals surface area contributed by atoms with Gasteiger partial charge in [0, 0.05) is 31.3 Å². The summed E-state index contributed by atoms with van der Waals surface area (Å²) in [6.07, 6.45) is 1.64. The lowest BCUT2D eigenvalue weighted by Gasteiger charge is -2.35. The minimum atomic E-state index is -2.65. The monoisotopic (exact) mass is 511 g/mol. The largest absolute Gasteiger partial charge is 0.457 e. The first kappa shape index (κ1) is 20.7. The number of ether oxygens (including phenoxy) is 3. The highest BCUT2D eigenvalue weighted by atomic mass is 35.5. The Morgan fingerprint density at radius 2 is 2.11 bits per heavy atom. The van der Waals surface area contributed by atoms with Crippen LogP contribution in [0.5, 0.6) is 11.5 Å². The first-order valence-electron chi connectivity index (χ1n) is 12.8. The Kier molecular flexibility index (Phi) is 6.10. The summed E-state index contributed by atoms with van der Waals surface area (Å²) < 4.78 is 39.4. The zero-order valence-electron chi connectivity index (χ0n) is 22.0. The number of fused-ring (bicyclic) bond motifs is 1. The Hall–Kier alpha value is -3.50. The fourth-order valence-corrected chi connectivity index (χ4v) is 4.43. The normalized spacial score (nSPS) is 21.4. The van der Waals surface area contributed by atoms with Crippen molar-refractivity contribution in [3.63, 3.8) is 0 Å². The third kappa shape index (κ3) is 4.91. The Balaban J connectivity index is 1.42. The summed E-state index contributed by atoms with van der Waals surface area (Å²) in [5, 5.41) is 13.3. The summed E-state index contributed by atoms with van der Waals surface area (Å²) in [6, 6.07) is 13.4. The third-order valence-electron chi connectivity index (χ3n) is 6.01. The number of aromatic nitrogens is 3. The molecule has 1 aliphatic rings. The summed E-state index contributed by atoms with van der Waals surface area (Å²) in [5.74, 6) is 1.03. The number of aromatic amines is 1. The van der Waals surface area contributed by atoms with Crippen molar-refractivity contribution in [1.29, 1.82) is 0 Å². The summed E-state index contributed by atoms with van der Waals surface area (Å²) in [4.78, 5) is 25.1. The van der Waals surface area contributed by atoms with Gasteiger partial charge in [-0.05, 0) is 24.3 Å². The topological polar surface area (TPSA) is 119 Å². The van der Waals surface area contributed by atoms with Crippen molar-refractivity contribution >= 4 is 34.2 Å². The van der Waals surface area contributed by atoms with Gasteiger partial charge in [0.25, 0.3) is 0 Å². The molecule has 3 atom stereocenters. The number of halogens is 1. The minimum absolute atomic E-state index is 0.0554. The molecule has 4 aromatic rings. The van der Waals surface area contributed by atoms with Crippen LogP contribution in [0.1, 0.15) is 26.5 Å². The van der Waals surface area contributed by atoms with E-state index in [4.69, 9.17) is 29.9 Å². The maximum atomic E-state index is 13.6. The number of carbonyl (C=O) groups excluding carboxylic acids is 1. The van der Waals surface area contributed by atoms with E-state index in [1.54, 1.807) is 18.2 Å². The number of aliphatic hydroxyl groups excluding tert-OH is 1. The number of aliphatic hydroxyl groups is 1. The van der Waals surface area contributed by atoms with Gasteiger partial charge in [-0.25, -0.2) is 9.97 Å². The van der Waals surface area contributed by atoms with Gasteiger partial charge in [0.05, 0.1) is 51.5 Å². The number of para-hydroxylation sites is 1. The lowest BCUT2D eigenvalue weighted by molar-refractivity contribution is -0.0831. The van der Waals surface area contributed by atoms with Gasteiger partial charge < -0.3 is 29.6 Å². The number of H-pyrrole nitrogens is 1. The van der Waals surface area contributed by atoms with Crippen molar-refractivity contribution in [3.8, 4) is 11.5 Å². The molecule has 0 saturated carbocycles. The van der Waals surface area contributed by atoms with Crippen molar-refractivity contribution in [2.45, 2.75) is 24.7 Å². The summed E-state index contributed by atoms with van der Waals surface area (Å²) in [6.45, 7) is -0.211. The number of methoxy groups -OCH3 is 1. The first-order chi connectivity index (χ1) is 18.7. The first-order valence-corrected chi connectivity index (χ1v) is 11.7. The molecule has 1 fully saturated rings. The van der Waals surface area contributed by atoms with Crippen molar-refractivity contribution in [1.82, 2.24) is 15.0 Å². The quantitative estimate of drug-likeness (QED) is 0.301. The van der Waals surface area contributed by atoms with Crippen LogP contribution in [0, 0.1) is 0 Å². The third-order valence-corrected chi connectivity index (χ3v) is 6.32. The second-order valence-electron chi connectivity index (χ2n) is 8.31. The molecule has 0 bridgehead atoms. The van der Waals surface area contributed by atoms with Crippen LogP contribution in [0.25, 0.3) is 11.0 Å². The SMILES string of the molecule is [2H]C([2H])([2H])OC1CC(CO)OCC1Nc1ncnc2[nH]cc(C(=O)c3ccc(Oc4ccccc4)cc3Cl)c12. The van der Waals surface area contributed by atoms with Crippen LogP contribution in [0.3, 0.4) is 0 Å². The predicted molar refractivity (Wildman–Crippen MR) is 135 cm³/mol. The Morgan fingerprint density at radius 3 is 2.89 bits per heavy atom. The predicted octanol–water partition coefficient (Wildman–Crippen LogP) is 4.21. The molecule has 0 spiro atoms. The van der Waals surface area contributed by atoms with Gasteiger partial charge in [-0.3, -0.25) is 4.79 Å². The van der Waals surface area contributed by atoms with Crippen LogP contribution in [0.4, 0.5) is 5.82 Å². The molecule has 3 N–H and O–H groups in total. The van der Waals surface area contributed by atoms with Crippen LogP contribution < -0.4 is 10.1 Å². The van der Waals surface area contributed by atoms with Crippen LogP contribution in [0.2, 0.25) is 5.02 Å². The fraction of sp³-hybridized carbons (Fsp3) is 0.269. The highest BCUT2D eigenvalue weighted by Crippen LogP contribution is 2.32. The van der Waals surface area contributed by atoms with Crippen LogP contribution in [-0.2, 0) is 9.47 Å². The Labute approximate surface area is 216 Å². The van der Waals surface area contributed by atoms with Crippen molar-refractivity contribution < 1.29 is 28.2 Å². The van der Waals surface area contributed by atoms with E-state index < -0.39 is 25.3 Å². The summed E-state index contributed by atoms with van der Waals surface area (Å²) in [7, 11) is -2.65. The molecule has 0 radical (unpaired) electrons. The van der Waals surface area contributed by atoms with E-state index in [1.807, 2.05) is 30.3 Å². The minimum Gasteiger partial charge on any atom is -0.457 e. The molecular formula is C26H25ClN4O5. The van der Waals surface area contributed by atoms with Gasteiger partial charge in [0.15, 0.2) is 5.78 Å². The molecule has 3 heterocycles. The molecule has 3 unspecified atom stereocenters. The van der Waals surface area contributed by atoms with Crippen LogP contribution >= 0.6 is 11.6 Å². The molecule has 10 heteroatoms. The number of nitrogens with one attached hydrogen (secondary N) is 2. The van der Waals surface area contributed by atoms with E-state index in [9.17, 15) is 9.90 Å². The van der Waals surface area contributed by atoms with Gasteiger partial charge >= 0.3 is 0 Å². The number of anilines is 1. The molecule has 36 heavy (non-hydrogen) atoms. The van der Waals surface area contributed by atoms with Crippen molar-refractivity contribution in [3.05, 3.63) is 77.2 Å².